The average Bonchev–Trinajstić information content (AvgIpc) is 2.66. The highest BCUT2D eigenvalue weighted by molar-refractivity contribution is 7.89. The van der Waals surface area contributed by atoms with Crippen LogP contribution in [0.5, 0.6) is 0 Å². The SMILES string of the molecule is O=C(c1cccnc1)N1CCC(CNS(=O)(=O)c2cc(F)cc(F)c2)CC1. The number of likely N-dealkylation sites (tertiary alicyclic amines) is 1. The van der Waals surface area contributed by atoms with Gasteiger partial charge >= 0.3 is 0 Å². The second-order valence-electron chi connectivity index (χ2n) is 6.43. The first-order valence-corrected chi connectivity index (χ1v) is 9.98. The molecule has 1 aliphatic rings. The maximum Gasteiger partial charge on any atom is 0.255 e. The van der Waals surface area contributed by atoms with Crippen LogP contribution in [-0.2, 0) is 10.0 Å². The van der Waals surface area contributed by atoms with Gasteiger partial charge in [-0.2, -0.15) is 0 Å². The first kappa shape index (κ1) is 19.4. The Morgan fingerprint density at radius 1 is 1.19 bits per heavy atom. The van der Waals surface area contributed by atoms with Crippen molar-refractivity contribution in [2.45, 2.75) is 17.7 Å². The van der Waals surface area contributed by atoms with Gasteiger partial charge in [0.05, 0.1) is 10.5 Å². The number of amides is 1. The fraction of sp³-hybridized carbons (Fsp3) is 0.333. The number of sulfonamides is 1. The van der Waals surface area contributed by atoms with Crippen molar-refractivity contribution < 1.29 is 22.0 Å². The molecule has 9 heteroatoms. The van der Waals surface area contributed by atoms with Crippen LogP contribution in [0.15, 0.2) is 47.6 Å². The van der Waals surface area contributed by atoms with Gasteiger partial charge in [0.25, 0.3) is 5.91 Å². The number of hydrogen-bond acceptors (Lipinski definition) is 4. The van der Waals surface area contributed by atoms with E-state index in [9.17, 15) is 22.0 Å². The van der Waals surface area contributed by atoms with Gasteiger partial charge in [-0.25, -0.2) is 21.9 Å². The Labute approximate surface area is 156 Å². The van der Waals surface area contributed by atoms with Gasteiger partial charge in [0.2, 0.25) is 10.0 Å². The number of halogens is 2. The largest absolute Gasteiger partial charge is 0.339 e. The minimum Gasteiger partial charge on any atom is -0.339 e. The zero-order valence-electron chi connectivity index (χ0n) is 14.4. The molecule has 1 amide bonds. The molecule has 0 unspecified atom stereocenters. The number of carbonyl (C=O) groups is 1. The monoisotopic (exact) mass is 395 g/mol. The van der Waals surface area contributed by atoms with Gasteiger partial charge in [0, 0.05) is 38.1 Å². The third-order valence-corrected chi connectivity index (χ3v) is 5.92. The van der Waals surface area contributed by atoms with E-state index in [0.29, 0.717) is 37.6 Å². The third kappa shape index (κ3) is 4.86. The summed E-state index contributed by atoms with van der Waals surface area (Å²) in [6.07, 6.45) is 4.37. The van der Waals surface area contributed by atoms with Crippen molar-refractivity contribution in [3.05, 3.63) is 59.9 Å². The number of benzene rings is 1. The second-order valence-corrected chi connectivity index (χ2v) is 8.20. The van der Waals surface area contributed by atoms with E-state index in [4.69, 9.17) is 0 Å². The molecule has 144 valence electrons. The Morgan fingerprint density at radius 2 is 1.85 bits per heavy atom. The van der Waals surface area contributed by atoms with E-state index in [2.05, 4.69) is 9.71 Å². The van der Waals surface area contributed by atoms with Gasteiger partial charge in [0.1, 0.15) is 11.6 Å². The summed E-state index contributed by atoms with van der Waals surface area (Å²) in [6, 6.07) is 5.58. The Kier molecular flexibility index (Phi) is 5.81. The van der Waals surface area contributed by atoms with Crippen molar-refractivity contribution >= 4 is 15.9 Å². The predicted octanol–water partition coefficient (Wildman–Crippen LogP) is 2.19. The number of nitrogens with zero attached hydrogens (tertiary/aromatic N) is 2. The summed E-state index contributed by atoms with van der Waals surface area (Å²) in [6.45, 7) is 1.17. The number of piperidine rings is 1. The van der Waals surface area contributed by atoms with Gasteiger partial charge in [-0.1, -0.05) is 0 Å². The van der Waals surface area contributed by atoms with E-state index < -0.39 is 26.6 Å². The van der Waals surface area contributed by atoms with E-state index in [0.717, 1.165) is 12.1 Å². The fourth-order valence-corrected chi connectivity index (χ4v) is 4.16. The van der Waals surface area contributed by atoms with E-state index >= 15 is 0 Å². The molecule has 0 spiro atoms. The van der Waals surface area contributed by atoms with Gasteiger partial charge in [-0.15, -0.1) is 0 Å². The first-order valence-electron chi connectivity index (χ1n) is 8.50. The standard InChI is InChI=1S/C18H19F2N3O3S/c19-15-8-16(20)10-17(9-15)27(25,26)22-11-13-3-6-23(7-4-13)18(24)14-2-1-5-21-12-14/h1-2,5,8-10,12-13,22H,3-4,6-7,11H2. The summed E-state index contributed by atoms with van der Waals surface area (Å²) in [7, 11) is -4.00. The lowest BCUT2D eigenvalue weighted by molar-refractivity contribution is 0.0691. The Morgan fingerprint density at radius 3 is 2.44 bits per heavy atom. The molecule has 1 aliphatic heterocycles. The summed E-state index contributed by atoms with van der Waals surface area (Å²) >= 11 is 0. The Balaban J connectivity index is 1.54. The lowest BCUT2D eigenvalue weighted by atomic mass is 9.97. The van der Waals surface area contributed by atoms with Crippen molar-refractivity contribution in [3.63, 3.8) is 0 Å². The molecular formula is C18H19F2N3O3S. The van der Waals surface area contributed by atoms with Crippen LogP contribution in [0.4, 0.5) is 8.78 Å². The van der Waals surface area contributed by atoms with Crippen LogP contribution < -0.4 is 4.72 Å². The van der Waals surface area contributed by atoms with Gasteiger partial charge in [0.15, 0.2) is 0 Å². The highest BCUT2D eigenvalue weighted by Crippen LogP contribution is 2.20. The van der Waals surface area contributed by atoms with Gasteiger partial charge < -0.3 is 4.90 Å². The van der Waals surface area contributed by atoms with E-state index in [-0.39, 0.29) is 18.4 Å². The normalized spacial score (nSPS) is 15.7. The van der Waals surface area contributed by atoms with Crippen molar-refractivity contribution in [1.82, 2.24) is 14.6 Å². The van der Waals surface area contributed by atoms with Crippen LogP contribution in [0.1, 0.15) is 23.2 Å². The second kappa shape index (κ2) is 8.10. The van der Waals surface area contributed by atoms with E-state index in [1.165, 1.54) is 6.20 Å². The number of hydrogen-bond donors (Lipinski definition) is 1. The highest BCUT2D eigenvalue weighted by atomic mass is 32.2. The molecule has 0 radical (unpaired) electrons. The molecule has 2 heterocycles. The molecule has 1 aromatic carbocycles. The van der Waals surface area contributed by atoms with Crippen molar-refractivity contribution in [2.75, 3.05) is 19.6 Å². The van der Waals surface area contributed by atoms with E-state index in [1.807, 2.05) is 0 Å². The molecule has 3 rings (SSSR count). The summed E-state index contributed by atoms with van der Waals surface area (Å²) in [4.78, 5) is 17.6. The first-order chi connectivity index (χ1) is 12.8. The van der Waals surface area contributed by atoms with Crippen LogP contribution in [0.3, 0.4) is 0 Å². The van der Waals surface area contributed by atoms with Gasteiger partial charge in [-0.3, -0.25) is 9.78 Å². The predicted molar refractivity (Wildman–Crippen MR) is 94.4 cm³/mol. The molecule has 0 bridgehead atoms. The molecule has 0 aliphatic carbocycles. The summed E-state index contributed by atoms with van der Waals surface area (Å²) in [5, 5.41) is 0. The summed E-state index contributed by atoms with van der Waals surface area (Å²) in [5.74, 6) is -1.95. The average molecular weight is 395 g/mol. The summed E-state index contributed by atoms with van der Waals surface area (Å²) < 4.78 is 53.3. The molecule has 27 heavy (non-hydrogen) atoms. The Bertz CT molecular complexity index is 894. The van der Waals surface area contributed by atoms with Crippen LogP contribution in [0, 0.1) is 17.6 Å². The van der Waals surface area contributed by atoms with Crippen LogP contribution in [0.25, 0.3) is 0 Å². The zero-order valence-corrected chi connectivity index (χ0v) is 15.3. The molecule has 1 aromatic heterocycles. The quantitative estimate of drug-likeness (QED) is 0.842. The van der Waals surface area contributed by atoms with Gasteiger partial charge in [-0.05, 0) is 43.0 Å². The zero-order chi connectivity index (χ0) is 19.4. The number of carbonyl (C=O) groups excluding carboxylic acids is 1. The number of aromatic nitrogens is 1. The van der Waals surface area contributed by atoms with Crippen LogP contribution in [-0.4, -0.2) is 43.8 Å². The topological polar surface area (TPSA) is 79.4 Å². The van der Waals surface area contributed by atoms with E-state index in [1.54, 1.807) is 23.2 Å². The Hall–Kier alpha value is -2.39. The minimum atomic E-state index is -4.00. The molecule has 1 fully saturated rings. The lowest BCUT2D eigenvalue weighted by Gasteiger charge is -2.32. The molecule has 1 saturated heterocycles. The fourth-order valence-electron chi connectivity index (χ4n) is 3.01. The molecule has 6 nitrogen and oxygen atoms in total. The van der Waals surface area contributed by atoms with Crippen LogP contribution in [0.2, 0.25) is 0 Å². The van der Waals surface area contributed by atoms with Crippen molar-refractivity contribution in [1.29, 1.82) is 0 Å². The molecule has 1 N–H and O–H groups in total. The highest BCUT2D eigenvalue weighted by Gasteiger charge is 2.25. The minimum absolute atomic E-state index is 0.0381. The number of rotatable bonds is 5. The lowest BCUT2D eigenvalue weighted by Crippen LogP contribution is -2.41. The van der Waals surface area contributed by atoms with Crippen molar-refractivity contribution in [3.8, 4) is 0 Å². The maximum atomic E-state index is 13.2. The number of pyridine rings is 1. The maximum absolute atomic E-state index is 13.2. The number of nitrogens with one attached hydrogen (secondary N) is 1. The molecule has 2 aromatic rings. The third-order valence-electron chi connectivity index (χ3n) is 4.52. The molecular weight excluding hydrogens is 376 g/mol. The molecule has 0 saturated carbocycles. The molecule has 0 atom stereocenters. The smallest absolute Gasteiger partial charge is 0.255 e. The van der Waals surface area contributed by atoms with Crippen LogP contribution >= 0.6 is 0 Å². The summed E-state index contributed by atoms with van der Waals surface area (Å²) in [5.41, 5.74) is 0.518. The van der Waals surface area contributed by atoms with Crippen molar-refractivity contribution in [2.24, 2.45) is 5.92 Å².